The Balaban J connectivity index is 2.29. The lowest BCUT2D eigenvalue weighted by atomic mass is 10.1. The normalized spacial score (nSPS) is 21.7. The lowest BCUT2D eigenvalue weighted by Crippen LogP contribution is -2.51. The molecule has 13 heavy (non-hydrogen) atoms. The first-order chi connectivity index (χ1) is 6.33. The van der Waals surface area contributed by atoms with Gasteiger partial charge in [-0.1, -0.05) is 0 Å². The van der Waals surface area contributed by atoms with Gasteiger partial charge >= 0.3 is 0 Å². The van der Waals surface area contributed by atoms with E-state index in [-0.39, 0.29) is 0 Å². The van der Waals surface area contributed by atoms with Crippen molar-refractivity contribution in [1.82, 2.24) is 0 Å². The number of unbranched alkanes of at least 4 members (excludes halogenated alkanes) is 1. The molecule has 0 aromatic heterocycles. The van der Waals surface area contributed by atoms with Crippen LogP contribution in [0.25, 0.3) is 0 Å². The molecular weight excluding hydrogens is 162 g/mol. The van der Waals surface area contributed by atoms with Gasteiger partial charge in [0.2, 0.25) is 0 Å². The van der Waals surface area contributed by atoms with Gasteiger partial charge in [0.15, 0.2) is 0 Å². The molecule has 1 aliphatic rings. The maximum absolute atomic E-state index is 8.75. The largest absolute Gasteiger partial charge is 0.396 e. The lowest BCUT2D eigenvalue weighted by molar-refractivity contribution is -0.931. The van der Waals surface area contributed by atoms with Gasteiger partial charge in [-0.15, -0.1) is 0 Å². The quantitative estimate of drug-likeness (QED) is 0.512. The van der Waals surface area contributed by atoms with Crippen LogP contribution in [0.5, 0.6) is 0 Å². The van der Waals surface area contributed by atoms with Crippen molar-refractivity contribution in [3.05, 3.63) is 0 Å². The average molecular weight is 186 g/mol. The van der Waals surface area contributed by atoms with E-state index in [9.17, 15) is 0 Å². The molecule has 0 amide bonds. The molecular formula is C11H24NO+. The molecule has 0 aromatic rings. The van der Waals surface area contributed by atoms with Crippen molar-refractivity contribution < 1.29 is 9.59 Å². The second-order valence-electron chi connectivity index (χ2n) is 4.32. The van der Waals surface area contributed by atoms with Crippen LogP contribution in [0, 0.1) is 0 Å². The third-order valence-corrected chi connectivity index (χ3v) is 3.48. The number of aliphatic hydroxyl groups excluding tert-OH is 1. The van der Waals surface area contributed by atoms with E-state index in [1.165, 1.54) is 56.3 Å². The molecule has 0 bridgehead atoms. The van der Waals surface area contributed by atoms with Crippen LogP contribution in [0.1, 0.15) is 39.0 Å². The van der Waals surface area contributed by atoms with Gasteiger partial charge in [0.25, 0.3) is 0 Å². The number of quaternary nitrogens is 1. The first kappa shape index (κ1) is 11.0. The van der Waals surface area contributed by atoms with E-state index in [2.05, 4.69) is 6.92 Å². The Labute approximate surface area is 82.1 Å². The predicted molar refractivity (Wildman–Crippen MR) is 55.6 cm³/mol. The van der Waals surface area contributed by atoms with Crippen LogP contribution >= 0.6 is 0 Å². The van der Waals surface area contributed by atoms with E-state index in [0.29, 0.717) is 6.61 Å². The van der Waals surface area contributed by atoms with Crippen molar-refractivity contribution in [2.45, 2.75) is 39.0 Å². The van der Waals surface area contributed by atoms with Crippen molar-refractivity contribution in [3.8, 4) is 0 Å². The van der Waals surface area contributed by atoms with E-state index < -0.39 is 0 Å². The van der Waals surface area contributed by atoms with Crippen molar-refractivity contribution in [2.24, 2.45) is 0 Å². The molecule has 0 unspecified atom stereocenters. The molecule has 1 saturated heterocycles. The molecule has 1 heterocycles. The van der Waals surface area contributed by atoms with Crippen LogP contribution < -0.4 is 0 Å². The second kappa shape index (κ2) is 5.61. The minimum Gasteiger partial charge on any atom is -0.396 e. The highest BCUT2D eigenvalue weighted by Gasteiger charge is 2.26. The molecule has 2 nitrogen and oxygen atoms in total. The molecule has 0 aromatic carbocycles. The molecule has 1 N–H and O–H groups in total. The standard InChI is InChI=1S/C11H24NO/c1-2-12(10-6-7-11-13)8-4-3-5-9-12/h13H,2-11H2,1H3/q+1. The van der Waals surface area contributed by atoms with Gasteiger partial charge in [-0.05, 0) is 39.0 Å². The van der Waals surface area contributed by atoms with Crippen molar-refractivity contribution in [2.75, 3.05) is 32.8 Å². The number of hydrogen-bond acceptors (Lipinski definition) is 1. The minimum absolute atomic E-state index is 0.365. The number of rotatable bonds is 5. The minimum atomic E-state index is 0.365. The Hall–Kier alpha value is -0.0800. The van der Waals surface area contributed by atoms with Crippen LogP contribution in [0.3, 0.4) is 0 Å². The summed E-state index contributed by atoms with van der Waals surface area (Å²) in [5.74, 6) is 0. The highest BCUT2D eigenvalue weighted by atomic mass is 16.2. The van der Waals surface area contributed by atoms with Crippen molar-refractivity contribution >= 4 is 0 Å². The summed E-state index contributed by atoms with van der Waals surface area (Å²) in [4.78, 5) is 0. The molecule has 78 valence electrons. The SMILES string of the molecule is CC[N+]1(CCCCO)CCCCC1. The van der Waals surface area contributed by atoms with Crippen LogP contribution in [0.2, 0.25) is 0 Å². The van der Waals surface area contributed by atoms with E-state index in [0.717, 1.165) is 6.42 Å². The Morgan fingerprint density at radius 1 is 1.08 bits per heavy atom. The lowest BCUT2D eigenvalue weighted by Gasteiger charge is -2.41. The molecule has 0 aliphatic carbocycles. The maximum Gasteiger partial charge on any atom is 0.0787 e. The molecule has 2 heteroatoms. The number of likely N-dealkylation sites (tertiary alicyclic amines) is 1. The zero-order valence-corrected chi connectivity index (χ0v) is 8.97. The summed E-state index contributed by atoms with van der Waals surface area (Å²) in [6.07, 6.45) is 6.43. The maximum atomic E-state index is 8.75. The summed E-state index contributed by atoms with van der Waals surface area (Å²) in [6, 6.07) is 0. The fraction of sp³-hybridized carbons (Fsp3) is 1.00. The van der Waals surface area contributed by atoms with E-state index in [4.69, 9.17) is 5.11 Å². The summed E-state index contributed by atoms with van der Waals surface area (Å²) in [5, 5.41) is 8.75. The summed E-state index contributed by atoms with van der Waals surface area (Å²) >= 11 is 0. The summed E-state index contributed by atoms with van der Waals surface area (Å²) in [7, 11) is 0. The topological polar surface area (TPSA) is 20.2 Å². The third kappa shape index (κ3) is 3.28. The molecule has 1 rings (SSSR count). The van der Waals surface area contributed by atoms with Crippen molar-refractivity contribution in [1.29, 1.82) is 0 Å². The first-order valence-corrected chi connectivity index (χ1v) is 5.79. The smallest absolute Gasteiger partial charge is 0.0787 e. The number of nitrogens with zero attached hydrogens (tertiary/aromatic N) is 1. The Morgan fingerprint density at radius 3 is 2.31 bits per heavy atom. The Bertz CT molecular complexity index is 130. The van der Waals surface area contributed by atoms with Gasteiger partial charge in [-0.3, -0.25) is 0 Å². The fourth-order valence-electron chi connectivity index (χ4n) is 2.44. The van der Waals surface area contributed by atoms with Crippen LogP contribution in [-0.2, 0) is 0 Å². The number of hydrogen-bond donors (Lipinski definition) is 1. The van der Waals surface area contributed by atoms with E-state index >= 15 is 0 Å². The van der Waals surface area contributed by atoms with Gasteiger partial charge < -0.3 is 9.59 Å². The summed E-state index contributed by atoms with van der Waals surface area (Å²) in [6.45, 7) is 8.00. The molecule has 1 fully saturated rings. The van der Waals surface area contributed by atoms with Gasteiger partial charge in [0.1, 0.15) is 0 Å². The highest BCUT2D eigenvalue weighted by Crippen LogP contribution is 2.19. The molecule has 1 aliphatic heterocycles. The predicted octanol–water partition coefficient (Wildman–Crippen LogP) is 1.78. The first-order valence-electron chi connectivity index (χ1n) is 5.79. The van der Waals surface area contributed by atoms with E-state index in [1.807, 2.05) is 0 Å². The van der Waals surface area contributed by atoms with Gasteiger partial charge in [0, 0.05) is 6.61 Å². The van der Waals surface area contributed by atoms with Crippen LogP contribution in [0.15, 0.2) is 0 Å². The molecule has 0 radical (unpaired) electrons. The summed E-state index contributed by atoms with van der Waals surface area (Å²) in [5.41, 5.74) is 0. The number of aliphatic hydroxyl groups is 1. The third-order valence-electron chi connectivity index (χ3n) is 3.48. The molecule has 0 atom stereocenters. The molecule has 0 spiro atoms. The zero-order valence-electron chi connectivity index (χ0n) is 8.97. The van der Waals surface area contributed by atoms with Crippen LogP contribution in [-0.4, -0.2) is 42.4 Å². The summed E-state index contributed by atoms with van der Waals surface area (Å²) < 4.78 is 1.32. The van der Waals surface area contributed by atoms with E-state index in [1.54, 1.807) is 0 Å². The fourth-order valence-corrected chi connectivity index (χ4v) is 2.44. The van der Waals surface area contributed by atoms with Gasteiger partial charge in [-0.2, -0.15) is 0 Å². The van der Waals surface area contributed by atoms with Gasteiger partial charge in [0.05, 0.1) is 26.2 Å². The number of piperidine rings is 1. The van der Waals surface area contributed by atoms with Crippen LogP contribution in [0.4, 0.5) is 0 Å². The molecule has 0 saturated carbocycles. The highest BCUT2D eigenvalue weighted by molar-refractivity contribution is 4.53. The average Bonchev–Trinajstić information content (AvgIpc) is 2.20. The monoisotopic (exact) mass is 186 g/mol. The van der Waals surface area contributed by atoms with Crippen molar-refractivity contribution in [3.63, 3.8) is 0 Å². The Kier molecular flexibility index (Phi) is 4.74. The zero-order chi connectivity index (χ0) is 9.57. The van der Waals surface area contributed by atoms with Gasteiger partial charge in [-0.25, -0.2) is 0 Å². The second-order valence-corrected chi connectivity index (χ2v) is 4.32. The Morgan fingerprint density at radius 2 is 1.77 bits per heavy atom.